The second-order valence-corrected chi connectivity index (χ2v) is 8.52. The molecule has 2 aromatic heterocycles. The summed E-state index contributed by atoms with van der Waals surface area (Å²) in [5, 5.41) is 8.33. The molecule has 1 aromatic carbocycles. The molecule has 0 bridgehead atoms. The molecule has 9 heteroatoms. The number of anilines is 1. The molecule has 0 unspecified atom stereocenters. The van der Waals surface area contributed by atoms with Gasteiger partial charge in [0.2, 0.25) is 5.95 Å². The molecule has 0 radical (unpaired) electrons. The van der Waals surface area contributed by atoms with Gasteiger partial charge in [0.15, 0.2) is 0 Å². The van der Waals surface area contributed by atoms with Crippen LogP contribution in [0.25, 0.3) is 21.5 Å². The first-order valence-corrected chi connectivity index (χ1v) is 10.0. The lowest BCUT2D eigenvalue weighted by molar-refractivity contribution is 0.0240. The minimum Gasteiger partial charge on any atom is -0.444 e. The topological polar surface area (TPSA) is 84.3 Å². The van der Waals surface area contributed by atoms with Gasteiger partial charge in [-0.2, -0.15) is 5.10 Å². The molecule has 0 aliphatic carbocycles. The molecule has 4 rings (SSSR count). The number of ether oxygens (including phenoxy) is 1. The van der Waals surface area contributed by atoms with Crippen molar-refractivity contribution in [2.45, 2.75) is 26.4 Å². The van der Waals surface area contributed by atoms with Crippen molar-refractivity contribution in [1.82, 2.24) is 25.1 Å². The average Bonchev–Trinajstić information content (AvgIpc) is 3.15. The van der Waals surface area contributed by atoms with Crippen LogP contribution in [0, 0.1) is 0 Å². The first kappa shape index (κ1) is 18.5. The Hall–Kier alpha value is -2.81. The lowest BCUT2D eigenvalue weighted by atomic mass is 10.1. The summed E-state index contributed by atoms with van der Waals surface area (Å²) in [6, 6.07) is 6.06. The first-order valence-electron chi connectivity index (χ1n) is 9.15. The minimum absolute atomic E-state index is 0.280. The third-order valence-corrected chi connectivity index (χ3v) is 5.18. The highest BCUT2D eigenvalue weighted by atomic mass is 32.1. The Balaban J connectivity index is 1.46. The molecule has 3 aromatic rings. The molecule has 146 valence electrons. The normalized spacial score (nSPS) is 15.1. The molecule has 1 fully saturated rings. The van der Waals surface area contributed by atoms with Gasteiger partial charge >= 0.3 is 6.09 Å². The van der Waals surface area contributed by atoms with E-state index < -0.39 is 5.60 Å². The molecule has 1 aliphatic heterocycles. The van der Waals surface area contributed by atoms with E-state index in [1.807, 2.05) is 43.3 Å². The third kappa shape index (κ3) is 4.04. The summed E-state index contributed by atoms with van der Waals surface area (Å²) in [7, 11) is 0. The molecule has 0 atom stereocenters. The highest BCUT2D eigenvalue weighted by Gasteiger charge is 2.27. The van der Waals surface area contributed by atoms with Crippen molar-refractivity contribution in [1.29, 1.82) is 0 Å². The predicted molar refractivity (Wildman–Crippen MR) is 108 cm³/mol. The van der Waals surface area contributed by atoms with E-state index in [4.69, 9.17) is 4.74 Å². The van der Waals surface area contributed by atoms with E-state index in [9.17, 15) is 4.79 Å². The number of benzene rings is 1. The molecule has 0 N–H and O–H groups in total. The fraction of sp³-hybridized carbons (Fsp3) is 0.421. The zero-order valence-corrected chi connectivity index (χ0v) is 16.9. The van der Waals surface area contributed by atoms with Crippen LogP contribution in [-0.4, -0.2) is 62.9 Å². The van der Waals surface area contributed by atoms with Gasteiger partial charge in [-0.15, -0.1) is 16.4 Å². The van der Waals surface area contributed by atoms with Gasteiger partial charge in [0.1, 0.15) is 5.60 Å². The van der Waals surface area contributed by atoms with E-state index in [-0.39, 0.29) is 6.09 Å². The van der Waals surface area contributed by atoms with Gasteiger partial charge in [0.05, 0.1) is 27.6 Å². The van der Waals surface area contributed by atoms with Crippen LogP contribution in [0.5, 0.6) is 0 Å². The van der Waals surface area contributed by atoms with Crippen molar-refractivity contribution in [3.05, 3.63) is 29.9 Å². The molecule has 1 aliphatic rings. The van der Waals surface area contributed by atoms with Gasteiger partial charge in [-0.1, -0.05) is 6.07 Å². The van der Waals surface area contributed by atoms with E-state index >= 15 is 0 Å². The molecule has 1 saturated heterocycles. The zero-order chi connectivity index (χ0) is 19.7. The second-order valence-electron chi connectivity index (χ2n) is 7.63. The summed E-state index contributed by atoms with van der Waals surface area (Å²) < 4.78 is 6.56. The van der Waals surface area contributed by atoms with Gasteiger partial charge in [0.25, 0.3) is 0 Å². The fourth-order valence-corrected chi connectivity index (χ4v) is 3.71. The summed E-state index contributed by atoms with van der Waals surface area (Å²) in [4.78, 5) is 25.0. The van der Waals surface area contributed by atoms with Crippen LogP contribution >= 0.6 is 11.3 Å². The Morgan fingerprint density at radius 1 is 1.18 bits per heavy atom. The second kappa shape index (κ2) is 7.31. The number of thiazole rings is 1. The van der Waals surface area contributed by atoms with Gasteiger partial charge in [-0.3, -0.25) is 0 Å². The number of amides is 1. The Morgan fingerprint density at radius 2 is 1.96 bits per heavy atom. The van der Waals surface area contributed by atoms with Gasteiger partial charge in [0, 0.05) is 31.7 Å². The summed E-state index contributed by atoms with van der Waals surface area (Å²) in [5.41, 5.74) is 4.08. The van der Waals surface area contributed by atoms with Crippen LogP contribution in [-0.2, 0) is 4.74 Å². The number of hydrogen-bond acceptors (Lipinski definition) is 8. The standard InChI is InChI=1S/C19H22N6O2S/c1-19(2,3)27-18(26)25-8-6-24(7-9-25)17-22-15(11-21-23-17)13-4-5-14-16(10-13)28-12-20-14/h4-5,10-12H,6-9H2,1-3H3. The van der Waals surface area contributed by atoms with Crippen LogP contribution in [0.1, 0.15) is 20.8 Å². The third-order valence-electron chi connectivity index (χ3n) is 4.39. The van der Waals surface area contributed by atoms with Crippen molar-refractivity contribution in [3.8, 4) is 11.3 Å². The number of aromatic nitrogens is 4. The monoisotopic (exact) mass is 398 g/mol. The minimum atomic E-state index is -0.491. The number of carbonyl (C=O) groups excluding carboxylic acids is 1. The number of fused-ring (bicyclic) bond motifs is 1. The smallest absolute Gasteiger partial charge is 0.410 e. The van der Waals surface area contributed by atoms with Crippen molar-refractivity contribution in [2.24, 2.45) is 0 Å². The van der Waals surface area contributed by atoms with Crippen LogP contribution in [0.3, 0.4) is 0 Å². The van der Waals surface area contributed by atoms with Crippen molar-refractivity contribution >= 4 is 33.6 Å². The van der Waals surface area contributed by atoms with Crippen LogP contribution in [0.2, 0.25) is 0 Å². The highest BCUT2D eigenvalue weighted by Crippen LogP contribution is 2.25. The lowest BCUT2D eigenvalue weighted by Gasteiger charge is -2.35. The van der Waals surface area contributed by atoms with Crippen LogP contribution in [0.4, 0.5) is 10.7 Å². The van der Waals surface area contributed by atoms with E-state index in [0.717, 1.165) is 21.5 Å². The molecular formula is C19H22N6O2S. The SMILES string of the molecule is CC(C)(C)OC(=O)N1CCN(c2nncc(-c3ccc4ncsc4c3)n2)CC1. The zero-order valence-electron chi connectivity index (χ0n) is 16.1. The molecular weight excluding hydrogens is 376 g/mol. The molecule has 8 nitrogen and oxygen atoms in total. The Bertz CT molecular complexity index is 991. The first-order chi connectivity index (χ1) is 13.4. The summed E-state index contributed by atoms with van der Waals surface area (Å²) >= 11 is 1.60. The van der Waals surface area contributed by atoms with Gasteiger partial charge < -0.3 is 14.5 Å². The maximum Gasteiger partial charge on any atom is 0.410 e. The van der Waals surface area contributed by atoms with E-state index in [1.165, 1.54) is 0 Å². The number of carbonyl (C=O) groups is 1. The van der Waals surface area contributed by atoms with Crippen LogP contribution < -0.4 is 4.90 Å². The van der Waals surface area contributed by atoms with Gasteiger partial charge in [-0.25, -0.2) is 14.8 Å². The van der Waals surface area contributed by atoms with E-state index in [0.29, 0.717) is 32.1 Å². The van der Waals surface area contributed by atoms with Crippen molar-refractivity contribution in [3.63, 3.8) is 0 Å². The summed E-state index contributed by atoms with van der Waals surface area (Å²) in [5.74, 6) is 0.575. The number of rotatable bonds is 2. The van der Waals surface area contributed by atoms with Crippen molar-refractivity contribution in [2.75, 3.05) is 31.1 Å². The lowest BCUT2D eigenvalue weighted by Crippen LogP contribution is -2.50. The fourth-order valence-electron chi connectivity index (χ4n) is 3.00. The molecule has 0 spiro atoms. The Morgan fingerprint density at radius 3 is 2.71 bits per heavy atom. The van der Waals surface area contributed by atoms with Crippen molar-refractivity contribution < 1.29 is 9.53 Å². The number of piperazine rings is 1. The number of nitrogens with zero attached hydrogens (tertiary/aromatic N) is 6. The Labute approximate surface area is 167 Å². The maximum atomic E-state index is 12.2. The average molecular weight is 398 g/mol. The summed E-state index contributed by atoms with van der Waals surface area (Å²) in [6.45, 7) is 8.02. The molecule has 1 amide bonds. The summed E-state index contributed by atoms with van der Waals surface area (Å²) in [6.07, 6.45) is 1.39. The largest absolute Gasteiger partial charge is 0.444 e. The maximum absolute atomic E-state index is 12.2. The number of hydrogen-bond donors (Lipinski definition) is 0. The molecule has 28 heavy (non-hydrogen) atoms. The molecule has 3 heterocycles. The van der Waals surface area contributed by atoms with E-state index in [2.05, 4.69) is 26.2 Å². The highest BCUT2D eigenvalue weighted by molar-refractivity contribution is 7.16. The Kier molecular flexibility index (Phi) is 4.84. The van der Waals surface area contributed by atoms with Crippen LogP contribution in [0.15, 0.2) is 29.9 Å². The van der Waals surface area contributed by atoms with Gasteiger partial charge in [-0.05, 0) is 32.9 Å². The quantitative estimate of drug-likeness (QED) is 0.655. The molecule has 0 saturated carbocycles. The predicted octanol–water partition coefficient (Wildman–Crippen LogP) is 3.21. The van der Waals surface area contributed by atoms with E-state index in [1.54, 1.807) is 22.4 Å².